The zero-order chi connectivity index (χ0) is 9.97. The minimum Gasteiger partial charge on any atom is -0.339 e. The summed E-state index contributed by atoms with van der Waals surface area (Å²) in [7, 11) is 0. The number of aryl methyl sites for hydroxylation is 1. The van der Waals surface area contributed by atoms with Crippen molar-refractivity contribution in [2.75, 3.05) is 0 Å². The lowest BCUT2D eigenvalue weighted by atomic mass is 10.1. The molecular formula is C10H9BrN2O. The molecule has 0 unspecified atom stereocenters. The highest BCUT2D eigenvalue weighted by Gasteiger charge is 2.08. The first-order valence-corrected chi connectivity index (χ1v) is 5.38. The Hall–Kier alpha value is -1.16. The van der Waals surface area contributed by atoms with E-state index in [2.05, 4.69) is 26.1 Å². The standard InChI is InChI=1S/C10H9BrN2O/c1-7-12-10(13-14-7)9-5-3-2-4-8(9)6-11/h2-5H,6H2,1H3. The van der Waals surface area contributed by atoms with E-state index < -0.39 is 0 Å². The van der Waals surface area contributed by atoms with Crippen molar-refractivity contribution in [3.8, 4) is 11.4 Å². The van der Waals surface area contributed by atoms with Gasteiger partial charge in [0.15, 0.2) is 0 Å². The van der Waals surface area contributed by atoms with Gasteiger partial charge in [0.1, 0.15) is 0 Å². The van der Waals surface area contributed by atoms with Crippen molar-refractivity contribution in [2.45, 2.75) is 12.3 Å². The molecule has 0 saturated carbocycles. The molecule has 14 heavy (non-hydrogen) atoms. The monoisotopic (exact) mass is 252 g/mol. The smallest absolute Gasteiger partial charge is 0.223 e. The van der Waals surface area contributed by atoms with Gasteiger partial charge in [-0.1, -0.05) is 45.4 Å². The molecule has 0 amide bonds. The highest BCUT2D eigenvalue weighted by molar-refractivity contribution is 9.08. The van der Waals surface area contributed by atoms with Gasteiger partial charge in [0.25, 0.3) is 0 Å². The van der Waals surface area contributed by atoms with Crippen LogP contribution in [0.15, 0.2) is 28.8 Å². The number of hydrogen-bond acceptors (Lipinski definition) is 3. The molecule has 0 N–H and O–H groups in total. The van der Waals surface area contributed by atoms with Gasteiger partial charge in [-0.2, -0.15) is 4.98 Å². The van der Waals surface area contributed by atoms with Crippen LogP contribution in [0.1, 0.15) is 11.5 Å². The molecular weight excluding hydrogens is 244 g/mol. The molecule has 1 aromatic carbocycles. The largest absolute Gasteiger partial charge is 0.339 e. The summed E-state index contributed by atoms with van der Waals surface area (Å²) >= 11 is 3.43. The lowest BCUT2D eigenvalue weighted by Crippen LogP contribution is -1.87. The summed E-state index contributed by atoms with van der Waals surface area (Å²) in [5.74, 6) is 1.24. The fourth-order valence-electron chi connectivity index (χ4n) is 1.26. The Morgan fingerprint density at radius 2 is 2.14 bits per heavy atom. The average Bonchev–Trinajstić information content (AvgIpc) is 2.65. The highest BCUT2D eigenvalue weighted by atomic mass is 79.9. The van der Waals surface area contributed by atoms with Crippen molar-refractivity contribution in [2.24, 2.45) is 0 Å². The Bertz CT molecular complexity index is 439. The summed E-state index contributed by atoms with van der Waals surface area (Å²) in [6, 6.07) is 7.98. The minimum atomic E-state index is 0.587. The molecule has 72 valence electrons. The van der Waals surface area contributed by atoms with Gasteiger partial charge in [-0.05, 0) is 5.56 Å². The number of halogens is 1. The van der Waals surface area contributed by atoms with Crippen LogP contribution in [0.5, 0.6) is 0 Å². The van der Waals surface area contributed by atoms with Gasteiger partial charge in [0, 0.05) is 17.8 Å². The Morgan fingerprint density at radius 1 is 1.36 bits per heavy atom. The zero-order valence-electron chi connectivity index (χ0n) is 7.70. The summed E-state index contributed by atoms with van der Waals surface area (Å²) < 4.78 is 4.94. The first kappa shape index (κ1) is 9.40. The fourth-order valence-corrected chi connectivity index (χ4v) is 1.75. The molecule has 0 fully saturated rings. The average molecular weight is 253 g/mol. The molecule has 0 aliphatic rings. The van der Waals surface area contributed by atoms with E-state index in [4.69, 9.17) is 4.52 Å². The van der Waals surface area contributed by atoms with Crippen LogP contribution in [-0.2, 0) is 5.33 Å². The lowest BCUT2D eigenvalue weighted by molar-refractivity contribution is 0.394. The van der Waals surface area contributed by atoms with Gasteiger partial charge < -0.3 is 4.52 Å². The third-order valence-corrected chi connectivity index (χ3v) is 2.53. The van der Waals surface area contributed by atoms with Crippen molar-refractivity contribution in [1.82, 2.24) is 10.1 Å². The van der Waals surface area contributed by atoms with Crippen LogP contribution < -0.4 is 0 Å². The van der Waals surface area contributed by atoms with E-state index in [0.29, 0.717) is 11.7 Å². The van der Waals surface area contributed by atoms with Crippen molar-refractivity contribution >= 4 is 15.9 Å². The lowest BCUT2D eigenvalue weighted by Gasteiger charge is -2.00. The summed E-state index contributed by atoms with van der Waals surface area (Å²) in [4.78, 5) is 4.19. The van der Waals surface area contributed by atoms with E-state index in [1.807, 2.05) is 24.3 Å². The Morgan fingerprint density at radius 3 is 2.79 bits per heavy atom. The maximum Gasteiger partial charge on any atom is 0.223 e. The van der Waals surface area contributed by atoms with Crippen molar-refractivity contribution in [3.05, 3.63) is 35.7 Å². The minimum absolute atomic E-state index is 0.587. The highest BCUT2D eigenvalue weighted by Crippen LogP contribution is 2.22. The first-order valence-electron chi connectivity index (χ1n) is 4.26. The molecule has 4 heteroatoms. The summed E-state index contributed by atoms with van der Waals surface area (Å²) in [5.41, 5.74) is 2.18. The van der Waals surface area contributed by atoms with Gasteiger partial charge in [-0.3, -0.25) is 0 Å². The third-order valence-electron chi connectivity index (χ3n) is 1.93. The van der Waals surface area contributed by atoms with Crippen molar-refractivity contribution < 1.29 is 4.52 Å². The third kappa shape index (κ3) is 1.70. The molecule has 2 aromatic rings. The second-order valence-electron chi connectivity index (χ2n) is 2.93. The molecule has 0 aliphatic heterocycles. The molecule has 0 spiro atoms. The van der Waals surface area contributed by atoms with Crippen molar-refractivity contribution in [3.63, 3.8) is 0 Å². The second-order valence-corrected chi connectivity index (χ2v) is 3.49. The van der Waals surface area contributed by atoms with E-state index in [0.717, 1.165) is 16.5 Å². The van der Waals surface area contributed by atoms with Gasteiger partial charge >= 0.3 is 0 Å². The topological polar surface area (TPSA) is 38.9 Å². The summed E-state index contributed by atoms with van der Waals surface area (Å²) in [6.07, 6.45) is 0. The molecule has 0 bridgehead atoms. The maximum absolute atomic E-state index is 4.94. The quantitative estimate of drug-likeness (QED) is 0.772. The molecule has 0 radical (unpaired) electrons. The molecule has 0 atom stereocenters. The van der Waals surface area contributed by atoms with Gasteiger partial charge in [-0.15, -0.1) is 0 Å². The van der Waals surface area contributed by atoms with Crippen LogP contribution in [0.3, 0.4) is 0 Å². The molecule has 1 heterocycles. The van der Waals surface area contributed by atoms with E-state index in [1.54, 1.807) is 6.92 Å². The molecule has 2 rings (SSSR count). The number of hydrogen-bond donors (Lipinski definition) is 0. The van der Waals surface area contributed by atoms with Crippen LogP contribution in [0.2, 0.25) is 0 Å². The van der Waals surface area contributed by atoms with E-state index in [9.17, 15) is 0 Å². The molecule has 0 saturated heterocycles. The van der Waals surface area contributed by atoms with Crippen LogP contribution in [0, 0.1) is 6.92 Å². The number of benzene rings is 1. The Balaban J connectivity index is 2.50. The van der Waals surface area contributed by atoms with Crippen LogP contribution >= 0.6 is 15.9 Å². The predicted octanol–water partition coefficient (Wildman–Crippen LogP) is 2.94. The maximum atomic E-state index is 4.94. The van der Waals surface area contributed by atoms with Crippen molar-refractivity contribution in [1.29, 1.82) is 0 Å². The second kappa shape index (κ2) is 3.92. The zero-order valence-corrected chi connectivity index (χ0v) is 9.28. The summed E-state index contributed by atoms with van der Waals surface area (Å²) in [6.45, 7) is 1.78. The number of aromatic nitrogens is 2. The van der Waals surface area contributed by atoms with Gasteiger partial charge in [0.05, 0.1) is 0 Å². The van der Waals surface area contributed by atoms with Gasteiger partial charge in [0.2, 0.25) is 11.7 Å². The SMILES string of the molecule is Cc1nc(-c2ccccc2CBr)no1. The Kier molecular flexibility index (Phi) is 2.63. The molecule has 3 nitrogen and oxygen atoms in total. The molecule has 1 aromatic heterocycles. The van der Waals surface area contributed by atoms with Crippen LogP contribution in [0.25, 0.3) is 11.4 Å². The van der Waals surface area contributed by atoms with Gasteiger partial charge in [-0.25, -0.2) is 0 Å². The number of alkyl halides is 1. The predicted molar refractivity (Wildman–Crippen MR) is 57.1 cm³/mol. The molecule has 0 aliphatic carbocycles. The Labute approximate surface area is 90.3 Å². The number of nitrogens with zero attached hydrogens (tertiary/aromatic N) is 2. The van der Waals surface area contributed by atoms with Crippen LogP contribution in [0.4, 0.5) is 0 Å². The fraction of sp³-hybridized carbons (Fsp3) is 0.200. The van der Waals surface area contributed by atoms with E-state index in [-0.39, 0.29) is 0 Å². The normalized spacial score (nSPS) is 10.4. The van der Waals surface area contributed by atoms with E-state index >= 15 is 0 Å². The number of rotatable bonds is 2. The first-order chi connectivity index (χ1) is 6.81. The summed E-state index contributed by atoms with van der Waals surface area (Å²) in [5, 5.41) is 4.68. The van der Waals surface area contributed by atoms with E-state index in [1.165, 1.54) is 0 Å². The van der Waals surface area contributed by atoms with Crippen LogP contribution in [-0.4, -0.2) is 10.1 Å².